The molecule has 0 heterocycles. The molecule has 32 heavy (non-hydrogen) atoms. The first kappa shape index (κ1) is 26.0. The van der Waals surface area contributed by atoms with Crippen molar-refractivity contribution in [3.05, 3.63) is 65.9 Å². The van der Waals surface area contributed by atoms with Gasteiger partial charge in [0.2, 0.25) is 0 Å². The van der Waals surface area contributed by atoms with Gasteiger partial charge in [0.15, 0.2) is 11.5 Å². The highest BCUT2D eigenvalue weighted by molar-refractivity contribution is 6.65. The number of ketones is 1. The molecule has 0 bridgehead atoms. The third-order valence-corrected chi connectivity index (χ3v) is 3.77. The molecule has 1 aromatic rings. The molecule has 0 fully saturated rings. The number of hydrazone groups is 1. The maximum Gasteiger partial charge on any atom is 0.340 e. The first-order valence-corrected chi connectivity index (χ1v) is 9.85. The van der Waals surface area contributed by atoms with Crippen molar-refractivity contribution in [1.29, 1.82) is 0 Å². The van der Waals surface area contributed by atoms with Crippen LogP contribution in [0.3, 0.4) is 0 Å². The topological polar surface area (TPSA) is 123 Å². The number of esters is 2. The molecule has 0 aliphatic heterocycles. The van der Waals surface area contributed by atoms with Crippen molar-refractivity contribution in [2.75, 3.05) is 18.6 Å². The van der Waals surface area contributed by atoms with Crippen molar-refractivity contribution in [2.45, 2.75) is 27.7 Å². The van der Waals surface area contributed by atoms with Crippen LogP contribution >= 0.6 is 0 Å². The summed E-state index contributed by atoms with van der Waals surface area (Å²) in [4.78, 5) is 48.8. The van der Waals surface area contributed by atoms with E-state index in [1.54, 1.807) is 45.1 Å². The number of carbonyl (C=O) groups is 4. The Morgan fingerprint density at radius 3 is 2.28 bits per heavy atom. The van der Waals surface area contributed by atoms with Gasteiger partial charge in [-0.3, -0.25) is 15.0 Å². The van der Waals surface area contributed by atoms with E-state index >= 15 is 0 Å². The fourth-order valence-corrected chi connectivity index (χ4v) is 2.33. The van der Waals surface area contributed by atoms with Crippen LogP contribution in [-0.2, 0) is 19.1 Å². The summed E-state index contributed by atoms with van der Waals surface area (Å²) in [5, 5.41) is 6.42. The molecular formula is C23H27N3O6. The van der Waals surface area contributed by atoms with Gasteiger partial charge in [-0.05, 0) is 45.0 Å². The van der Waals surface area contributed by atoms with Crippen LogP contribution < -0.4 is 10.7 Å². The van der Waals surface area contributed by atoms with Crippen LogP contribution in [0.1, 0.15) is 48.4 Å². The SMILES string of the molecule is C=C/C=C\C=C(/C)NC(=O)/C(=N\Nc1cc(C(=O)OCC)ccc1C(=O)OCC)C(C)=O. The normalized spacial score (nSPS) is 11.6. The van der Waals surface area contributed by atoms with Gasteiger partial charge in [0.25, 0.3) is 5.91 Å². The zero-order valence-corrected chi connectivity index (χ0v) is 18.6. The summed E-state index contributed by atoms with van der Waals surface area (Å²) in [6.07, 6.45) is 6.53. The molecule has 1 aromatic carbocycles. The molecule has 0 saturated carbocycles. The maximum atomic E-state index is 12.5. The minimum Gasteiger partial charge on any atom is -0.462 e. The fourth-order valence-electron chi connectivity index (χ4n) is 2.33. The highest BCUT2D eigenvalue weighted by Crippen LogP contribution is 2.20. The smallest absolute Gasteiger partial charge is 0.340 e. The molecule has 0 unspecified atom stereocenters. The van der Waals surface area contributed by atoms with Crippen LogP contribution in [0, 0.1) is 0 Å². The molecule has 9 heteroatoms. The Labute approximate surface area is 186 Å². The van der Waals surface area contributed by atoms with Crippen LogP contribution in [0.2, 0.25) is 0 Å². The van der Waals surface area contributed by atoms with Gasteiger partial charge < -0.3 is 14.8 Å². The van der Waals surface area contributed by atoms with E-state index in [-0.39, 0.29) is 30.0 Å². The minimum atomic E-state index is -0.745. The Balaban J connectivity index is 3.27. The average Bonchev–Trinajstić information content (AvgIpc) is 2.74. The lowest BCUT2D eigenvalue weighted by molar-refractivity contribution is -0.116. The molecule has 0 aliphatic rings. The second-order valence-electron chi connectivity index (χ2n) is 6.25. The van der Waals surface area contributed by atoms with Crippen molar-refractivity contribution >= 4 is 35.0 Å². The van der Waals surface area contributed by atoms with Crippen molar-refractivity contribution in [3.63, 3.8) is 0 Å². The molecular weight excluding hydrogens is 414 g/mol. The second-order valence-corrected chi connectivity index (χ2v) is 6.25. The fraction of sp³-hybridized carbons (Fsp3) is 0.261. The summed E-state index contributed by atoms with van der Waals surface area (Å²) in [6.45, 7) is 9.97. The van der Waals surface area contributed by atoms with Crippen molar-refractivity contribution in [3.8, 4) is 0 Å². The van der Waals surface area contributed by atoms with Crippen molar-refractivity contribution < 1.29 is 28.7 Å². The molecule has 0 atom stereocenters. The third kappa shape index (κ3) is 8.02. The molecule has 1 amide bonds. The average molecular weight is 441 g/mol. The van der Waals surface area contributed by atoms with E-state index in [1.807, 2.05) is 0 Å². The summed E-state index contributed by atoms with van der Waals surface area (Å²) >= 11 is 0. The quantitative estimate of drug-likeness (QED) is 0.178. The van der Waals surface area contributed by atoms with E-state index in [9.17, 15) is 19.2 Å². The van der Waals surface area contributed by atoms with Crippen LogP contribution in [0.15, 0.2) is 59.9 Å². The monoisotopic (exact) mass is 441 g/mol. The second kappa shape index (κ2) is 13.3. The van der Waals surface area contributed by atoms with Crippen LogP contribution in [-0.4, -0.2) is 42.6 Å². The van der Waals surface area contributed by atoms with Gasteiger partial charge >= 0.3 is 11.9 Å². The third-order valence-electron chi connectivity index (χ3n) is 3.77. The predicted octanol–water partition coefficient (Wildman–Crippen LogP) is 3.16. The number of Topliss-reactive ketones (excluding diaryl/α,β-unsaturated/α-hetero) is 1. The van der Waals surface area contributed by atoms with E-state index < -0.39 is 29.3 Å². The molecule has 0 saturated heterocycles. The number of amides is 1. The molecule has 0 radical (unpaired) electrons. The van der Waals surface area contributed by atoms with E-state index in [1.165, 1.54) is 25.1 Å². The van der Waals surface area contributed by atoms with Crippen molar-refractivity contribution in [2.24, 2.45) is 5.10 Å². The van der Waals surface area contributed by atoms with E-state index in [4.69, 9.17) is 9.47 Å². The number of allylic oxidation sites excluding steroid dienone is 5. The van der Waals surface area contributed by atoms with Gasteiger partial charge in [0.1, 0.15) is 0 Å². The summed E-state index contributed by atoms with van der Waals surface area (Å²) < 4.78 is 9.97. The van der Waals surface area contributed by atoms with Crippen molar-refractivity contribution in [1.82, 2.24) is 5.32 Å². The van der Waals surface area contributed by atoms with Crippen LogP contribution in [0.4, 0.5) is 5.69 Å². The van der Waals surface area contributed by atoms with Gasteiger partial charge in [-0.1, -0.05) is 24.8 Å². The molecule has 1 rings (SSSR count). The number of hydrogen-bond acceptors (Lipinski definition) is 8. The largest absolute Gasteiger partial charge is 0.462 e. The number of nitrogens with one attached hydrogen (secondary N) is 2. The Morgan fingerprint density at radius 2 is 1.69 bits per heavy atom. The Kier molecular flexibility index (Phi) is 10.8. The lowest BCUT2D eigenvalue weighted by Gasteiger charge is -2.11. The Bertz CT molecular complexity index is 976. The summed E-state index contributed by atoms with van der Waals surface area (Å²) in [5.74, 6) is -2.62. The molecule has 9 nitrogen and oxygen atoms in total. The number of benzene rings is 1. The number of ether oxygens (including phenoxy) is 2. The van der Waals surface area contributed by atoms with Crippen LogP contribution in [0.5, 0.6) is 0 Å². The number of rotatable bonds is 11. The molecule has 0 aliphatic carbocycles. The van der Waals surface area contributed by atoms with E-state index in [2.05, 4.69) is 22.4 Å². The predicted molar refractivity (Wildman–Crippen MR) is 121 cm³/mol. The summed E-state index contributed by atoms with van der Waals surface area (Å²) in [6, 6.07) is 4.10. The minimum absolute atomic E-state index is 0.0672. The van der Waals surface area contributed by atoms with E-state index in [0.717, 1.165) is 0 Å². The van der Waals surface area contributed by atoms with Gasteiger partial charge in [-0.2, -0.15) is 5.10 Å². The van der Waals surface area contributed by atoms with E-state index in [0.29, 0.717) is 5.70 Å². The molecule has 2 N–H and O–H groups in total. The summed E-state index contributed by atoms with van der Waals surface area (Å²) in [7, 11) is 0. The molecule has 0 spiro atoms. The van der Waals surface area contributed by atoms with Gasteiger partial charge in [0, 0.05) is 12.6 Å². The first-order chi connectivity index (χ1) is 15.2. The first-order valence-electron chi connectivity index (χ1n) is 9.85. The number of nitrogens with zero attached hydrogens (tertiary/aromatic N) is 1. The lowest BCUT2D eigenvalue weighted by Crippen LogP contribution is -2.34. The lowest BCUT2D eigenvalue weighted by atomic mass is 10.1. The Hall–Kier alpha value is -4.01. The standard InChI is InChI=1S/C23H27N3O6/c1-6-9-10-11-15(4)24-21(28)20(16(5)27)26-25-19-14-17(22(29)31-7-2)12-13-18(19)23(30)32-8-3/h6,9-14,25H,1,7-8H2,2-5H3,(H,24,28)/b10-9-,15-11+,26-20-. The number of hydrogen-bond donors (Lipinski definition) is 2. The highest BCUT2D eigenvalue weighted by atomic mass is 16.5. The number of anilines is 1. The van der Waals surface area contributed by atoms with Gasteiger partial charge in [0.05, 0.1) is 30.0 Å². The zero-order chi connectivity index (χ0) is 24.1. The number of carbonyl (C=O) groups excluding carboxylic acids is 4. The molecule has 0 aromatic heterocycles. The summed E-state index contributed by atoms with van der Waals surface area (Å²) in [5.41, 5.74) is 2.86. The maximum absolute atomic E-state index is 12.5. The Morgan fingerprint density at radius 1 is 1.03 bits per heavy atom. The van der Waals surface area contributed by atoms with Gasteiger partial charge in [-0.25, -0.2) is 9.59 Å². The zero-order valence-electron chi connectivity index (χ0n) is 18.6. The molecule has 170 valence electrons. The highest BCUT2D eigenvalue weighted by Gasteiger charge is 2.20. The van der Waals surface area contributed by atoms with Crippen LogP contribution in [0.25, 0.3) is 0 Å². The van der Waals surface area contributed by atoms with Gasteiger partial charge in [-0.15, -0.1) is 0 Å².